The SMILES string of the molecule is Cc1ccccc1C(=O)N1[C@H](C(=O)NC[C@H]2CCCO2)COC12CCN(C(=O)c1cccs1)CC2. The molecule has 3 fully saturated rings. The summed E-state index contributed by atoms with van der Waals surface area (Å²) < 4.78 is 11.9. The summed E-state index contributed by atoms with van der Waals surface area (Å²) in [6, 6.07) is 10.4. The first-order valence-corrected chi connectivity index (χ1v) is 13.1. The molecule has 0 radical (unpaired) electrons. The van der Waals surface area contributed by atoms with E-state index in [2.05, 4.69) is 5.32 Å². The summed E-state index contributed by atoms with van der Waals surface area (Å²) in [5.74, 6) is -0.442. The van der Waals surface area contributed by atoms with E-state index >= 15 is 0 Å². The van der Waals surface area contributed by atoms with Gasteiger partial charge in [0.05, 0.1) is 17.6 Å². The fourth-order valence-corrected chi connectivity index (χ4v) is 5.95. The van der Waals surface area contributed by atoms with Gasteiger partial charge in [0, 0.05) is 44.6 Å². The predicted molar refractivity (Wildman–Crippen MR) is 131 cm³/mol. The zero-order valence-electron chi connectivity index (χ0n) is 19.9. The van der Waals surface area contributed by atoms with E-state index in [-0.39, 0.29) is 30.4 Å². The van der Waals surface area contributed by atoms with Crippen molar-refractivity contribution in [3.05, 3.63) is 57.8 Å². The minimum absolute atomic E-state index is 0.00418. The van der Waals surface area contributed by atoms with Crippen LogP contribution in [0, 0.1) is 6.92 Å². The third-order valence-electron chi connectivity index (χ3n) is 7.25. The molecule has 35 heavy (non-hydrogen) atoms. The number of likely N-dealkylation sites (tertiary alicyclic amines) is 1. The number of aryl methyl sites for hydroxylation is 1. The molecule has 4 heterocycles. The summed E-state index contributed by atoms with van der Waals surface area (Å²) in [6.07, 6.45) is 2.84. The molecule has 1 N–H and O–H groups in total. The molecule has 2 aromatic rings. The van der Waals surface area contributed by atoms with Crippen molar-refractivity contribution in [2.75, 3.05) is 32.8 Å². The molecule has 3 saturated heterocycles. The zero-order chi connectivity index (χ0) is 24.4. The fourth-order valence-electron chi connectivity index (χ4n) is 5.26. The molecule has 1 aromatic carbocycles. The van der Waals surface area contributed by atoms with Gasteiger partial charge in [0.25, 0.3) is 11.8 Å². The maximum Gasteiger partial charge on any atom is 0.263 e. The Morgan fingerprint density at radius 3 is 2.60 bits per heavy atom. The van der Waals surface area contributed by atoms with Crippen LogP contribution in [0.2, 0.25) is 0 Å². The van der Waals surface area contributed by atoms with E-state index in [1.54, 1.807) is 11.0 Å². The standard InChI is InChI=1S/C26H31N3O5S/c1-18-6-2-3-8-20(18)24(31)29-21(23(30)27-16-19-7-4-14-33-19)17-34-26(29)10-12-28(13-11-26)25(32)22-9-5-15-35-22/h2-3,5-6,8-9,15,19,21H,4,7,10-14,16-17H2,1H3,(H,27,30)/t19-,21+/m1/s1. The second-order valence-electron chi connectivity index (χ2n) is 9.41. The highest BCUT2D eigenvalue weighted by Gasteiger charge is 2.54. The molecule has 1 aromatic heterocycles. The Hall–Kier alpha value is -2.75. The summed E-state index contributed by atoms with van der Waals surface area (Å²) in [4.78, 5) is 44.2. The Morgan fingerprint density at radius 2 is 1.91 bits per heavy atom. The average molecular weight is 498 g/mol. The number of carbonyl (C=O) groups excluding carboxylic acids is 3. The average Bonchev–Trinajstić information content (AvgIpc) is 3.64. The van der Waals surface area contributed by atoms with Gasteiger partial charge in [0.1, 0.15) is 11.8 Å². The van der Waals surface area contributed by atoms with Crippen LogP contribution in [0.3, 0.4) is 0 Å². The van der Waals surface area contributed by atoms with Crippen LogP contribution in [-0.4, -0.2) is 78.2 Å². The highest BCUT2D eigenvalue weighted by molar-refractivity contribution is 7.12. The van der Waals surface area contributed by atoms with Gasteiger partial charge in [-0.05, 0) is 42.8 Å². The maximum atomic E-state index is 13.9. The second kappa shape index (κ2) is 10.1. The van der Waals surface area contributed by atoms with Gasteiger partial charge in [-0.15, -0.1) is 11.3 Å². The molecule has 8 nitrogen and oxygen atoms in total. The number of nitrogens with zero attached hydrogens (tertiary/aromatic N) is 2. The maximum absolute atomic E-state index is 13.9. The van der Waals surface area contributed by atoms with Gasteiger partial charge in [0.15, 0.2) is 0 Å². The number of rotatable bonds is 5. The first-order valence-electron chi connectivity index (χ1n) is 12.2. The summed E-state index contributed by atoms with van der Waals surface area (Å²) in [6.45, 7) is 4.09. The van der Waals surface area contributed by atoms with Crippen molar-refractivity contribution >= 4 is 29.1 Å². The Bertz CT molecular complexity index is 1070. The topological polar surface area (TPSA) is 88.2 Å². The molecular weight excluding hydrogens is 466 g/mol. The van der Waals surface area contributed by atoms with E-state index in [1.165, 1.54) is 11.3 Å². The molecule has 1 spiro atoms. The van der Waals surface area contributed by atoms with E-state index in [0.29, 0.717) is 42.9 Å². The third kappa shape index (κ3) is 4.72. The lowest BCUT2D eigenvalue weighted by Gasteiger charge is -2.44. The van der Waals surface area contributed by atoms with Gasteiger partial charge in [0.2, 0.25) is 5.91 Å². The Labute approximate surface area is 209 Å². The Morgan fingerprint density at radius 1 is 1.11 bits per heavy atom. The number of ether oxygens (including phenoxy) is 2. The number of nitrogens with one attached hydrogen (secondary N) is 1. The van der Waals surface area contributed by atoms with Gasteiger partial charge in [-0.3, -0.25) is 19.3 Å². The van der Waals surface area contributed by atoms with E-state index in [9.17, 15) is 14.4 Å². The van der Waals surface area contributed by atoms with Crippen LogP contribution in [-0.2, 0) is 14.3 Å². The molecule has 0 saturated carbocycles. The van der Waals surface area contributed by atoms with Crippen LogP contribution in [0.4, 0.5) is 0 Å². The minimum atomic E-state index is -0.919. The number of benzene rings is 1. The molecule has 9 heteroatoms. The van der Waals surface area contributed by atoms with Gasteiger partial charge in [-0.2, -0.15) is 0 Å². The number of thiophene rings is 1. The van der Waals surface area contributed by atoms with Crippen molar-refractivity contribution in [2.45, 2.75) is 50.5 Å². The lowest BCUT2D eigenvalue weighted by atomic mass is 9.95. The predicted octanol–water partition coefficient (Wildman–Crippen LogP) is 2.83. The lowest BCUT2D eigenvalue weighted by molar-refractivity contribution is -0.128. The first-order chi connectivity index (χ1) is 17.0. The minimum Gasteiger partial charge on any atom is -0.376 e. The van der Waals surface area contributed by atoms with Crippen molar-refractivity contribution in [1.82, 2.24) is 15.1 Å². The van der Waals surface area contributed by atoms with E-state index < -0.39 is 11.8 Å². The van der Waals surface area contributed by atoms with Gasteiger partial charge < -0.3 is 19.7 Å². The fraction of sp³-hybridized carbons (Fsp3) is 0.500. The molecule has 3 amide bonds. The number of carbonyl (C=O) groups is 3. The van der Waals surface area contributed by atoms with Crippen molar-refractivity contribution in [3.63, 3.8) is 0 Å². The Balaban J connectivity index is 1.36. The number of piperidine rings is 1. The molecule has 3 aliphatic heterocycles. The third-order valence-corrected chi connectivity index (χ3v) is 8.11. The van der Waals surface area contributed by atoms with Crippen LogP contribution in [0.15, 0.2) is 41.8 Å². The van der Waals surface area contributed by atoms with Crippen LogP contribution >= 0.6 is 11.3 Å². The number of amides is 3. The normalized spacial score (nSPS) is 23.6. The lowest BCUT2D eigenvalue weighted by Crippen LogP contribution is -2.60. The van der Waals surface area contributed by atoms with Crippen LogP contribution in [0.25, 0.3) is 0 Å². The number of hydrogen-bond donors (Lipinski definition) is 1. The second-order valence-corrected chi connectivity index (χ2v) is 10.4. The van der Waals surface area contributed by atoms with Crippen LogP contribution in [0.1, 0.15) is 51.3 Å². The summed E-state index contributed by atoms with van der Waals surface area (Å²) in [7, 11) is 0. The highest BCUT2D eigenvalue weighted by atomic mass is 32.1. The van der Waals surface area contributed by atoms with Gasteiger partial charge in [-0.25, -0.2) is 0 Å². The van der Waals surface area contributed by atoms with Crippen molar-refractivity contribution < 1.29 is 23.9 Å². The van der Waals surface area contributed by atoms with Crippen LogP contribution in [0.5, 0.6) is 0 Å². The van der Waals surface area contributed by atoms with Crippen molar-refractivity contribution in [1.29, 1.82) is 0 Å². The molecule has 3 aliphatic rings. The summed E-state index contributed by atoms with van der Waals surface area (Å²) >= 11 is 1.42. The van der Waals surface area contributed by atoms with Crippen LogP contribution < -0.4 is 5.32 Å². The molecule has 0 unspecified atom stereocenters. The van der Waals surface area contributed by atoms with Crippen molar-refractivity contribution in [3.8, 4) is 0 Å². The summed E-state index contributed by atoms with van der Waals surface area (Å²) in [5, 5.41) is 4.87. The molecule has 2 atom stereocenters. The molecule has 0 bridgehead atoms. The monoisotopic (exact) mass is 497 g/mol. The van der Waals surface area contributed by atoms with E-state index in [1.807, 2.05) is 47.5 Å². The molecule has 0 aliphatic carbocycles. The first kappa shape index (κ1) is 24.0. The van der Waals surface area contributed by atoms with Crippen molar-refractivity contribution in [2.24, 2.45) is 0 Å². The number of hydrogen-bond acceptors (Lipinski definition) is 6. The van der Waals surface area contributed by atoms with Gasteiger partial charge in [-0.1, -0.05) is 24.3 Å². The molecule has 5 rings (SSSR count). The molecular formula is C26H31N3O5S. The summed E-state index contributed by atoms with van der Waals surface area (Å²) in [5.41, 5.74) is 0.493. The van der Waals surface area contributed by atoms with E-state index in [0.717, 1.165) is 25.0 Å². The largest absolute Gasteiger partial charge is 0.376 e. The van der Waals surface area contributed by atoms with Gasteiger partial charge >= 0.3 is 0 Å². The highest BCUT2D eigenvalue weighted by Crippen LogP contribution is 2.39. The smallest absolute Gasteiger partial charge is 0.263 e. The van der Waals surface area contributed by atoms with E-state index in [4.69, 9.17) is 9.47 Å². The quantitative estimate of drug-likeness (QED) is 0.686. The zero-order valence-corrected chi connectivity index (χ0v) is 20.7. The molecule has 186 valence electrons. The Kier molecular flexibility index (Phi) is 6.91.